The smallest absolute Gasteiger partial charge is 0.867 e. The molecule has 0 radical (unpaired) electrons. The van der Waals surface area contributed by atoms with Gasteiger partial charge in [0.1, 0.15) is 34.7 Å². The number of carbonyl (C=O) groups excluding carboxylic acids is 2. The van der Waals surface area contributed by atoms with Crippen molar-refractivity contribution in [2.75, 3.05) is 0 Å². The molecule has 2 heterocycles. The Labute approximate surface area is 282 Å². The van der Waals surface area contributed by atoms with Gasteiger partial charge >= 0.3 is 19.5 Å². The fraction of sp³-hybridized carbons (Fsp3) is 0.312. The number of hydrogen-bond donors (Lipinski definition) is 2. The van der Waals surface area contributed by atoms with Crippen LogP contribution in [0.1, 0.15) is 83.3 Å². The molecule has 0 spiro atoms. The van der Waals surface area contributed by atoms with Crippen molar-refractivity contribution in [2.45, 2.75) is 52.6 Å². The number of benzene rings is 2. The molecule has 0 aliphatic rings. The van der Waals surface area contributed by atoms with E-state index in [-0.39, 0.29) is 56.0 Å². The van der Waals surface area contributed by atoms with Gasteiger partial charge in [0.2, 0.25) is 11.1 Å². The molecule has 4 aromatic rings. The van der Waals surface area contributed by atoms with Crippen LogP contribution in [0.15, 0.2) is 58.1 Å². The summed E-state index contributed by atoms with van der Waals surface area (Å²) < 4.78 is 28.0. The first-order chi connectivity index (χ1) is 21.6. The summed E-state index contributed by atoms with van der Waals surface area (Å²) in [7, 11) is 2.90. The van der Waals surface area contributed by atoms with Crippen molar-refractivity contribution in [3.63, 3.8) is 0 Å². The van der Waals surface area contributed by atoms with Crippen molar-refractivity contribution in [3.8, 4) is 11.5 Å². The average molecular weight is 702 g/mol. The molecule has 244 valence electrons. The molecule has 0 saturated heterocycles. The van der Waals surface area contributed by atoms with Crippen LogP contribution in [0.2, 0.25) is 0 Å². The number of amides is 2. The Morgan fingerprint density at radius 3 is 1.26 bits per heavy atom. The fourth-order valence-electron chi connectivity index (χ4n) is 4.27. The quantitative estimate of drug-likeness (QED) is 0.263. The Kier molecular flexibility index (Phi) is 13.6. The SMILES string of the molecule is CC(C)c1nc(C(=O)NCc2ccc(F)cc2)c([O-])c(=O)n1C.CC(C)c1nc(C(=O)NCc2ccc(F)cc2)c([O-])c(=O)n1C.[Zn+2]. The van der Waals surface area contributed by atoms with Crippen LogP contribution in [0.4, 0.5) is 8.78 Å². The number of aromatic nitrogens is 4. The first-order valence-electron chi connectivity index (χ1n) is 14.2. The van der Waals surface area contributed by atoms with Gasteiger partial charge in [-0.25, -0.2) is 18.7 Å². The average Bonchev–Trinajstić information content (AvgIpc) is 3.02. The van der Waals surface area contributed by atoms with Gasteiger partial charge in [-0.2, -0.15) is 0 Å². The molecule has 2 aromatic heterocycles. The molecule has 0 atom stereocenters. The molecule has 12 nitrogen and oxygen atoms in total. The molecule has 0 saturated carbocycles. The third kappa shape index (κ3) is 9.61. The van der Waals surface area contributed by atoms with Crippen molar-refractivity contribution >= 4 is 11.8 Å². The Hall–Kier alpha value is -4.78. The maximum absolute atomic E-state index is 12.8. The van der Waals surface area contributed by atoms with Crippen LogP contribution in [0.25, 0.3) is 0 Å². The summed E-state index contributed by atoms with van der Waals surface area (Å²) in [4.78, 5) is 56.2. The van der Waals surface area contributed by atoms with Crippen molar-refractivity contribution in [3.05, 3.63) is 115 Å². The number of halogens is 2. The summed E-state index contributed by atoms with van der Waals surface area (Å²) in [6.45, 7) is 7.46. The molecule has 2 amide bonds. The van der Waals surface area contributed by atoms with Crippen molar-refractivity contribution < 1.29 is 48.1 Å². The number of nitrogens with one attached hydrogen (secondary N) is 2. The van der Waals surface area contributed by atoms with Crippen molar-refractivity contribution in [1.82, 2.24) is 29.7 Å². The summed E-state index contributed by atoms with van der Waals surface area (Å²) in [5.41, 5.74) is -1.07. The fourth-order valence-corrected chi connectivity index (χ4v) is 4.27. The van der Waals surface area contributed by atoms with Gasteiger partial charge in [0.05, 0.1) is 0 Å². The summed E-state index contributed by atoms with van der Waals surface area (Å²) in [6.07, 6.45) is 0. The molecule has 15 heteroatoms. The van der Waals surface area contributed by atoms with Crippen LogP contribution < -0.4 is 32.0 Å². The predicted molar refractivity (Wildman–Crippen MR) is 161 cm³/mol. The number of hydrogen-bond acceptors (Lipinski definition) is 8. The van der Waals surface area contributed by atoms with E-state index in [2.05, 4.69) is 20.6 Å². The van der Waals surface area contributed by atoms with Crippen LogP contribution in [0, 0.1) is 11.6 Å². The van der Waals surface area contributed by atoms with Crippen molar-refractivity contribution in [2.24, 2.45) is 14.1 Å². The molecule has 47 heavy (non-hydrogen) atoms. The number of carbonyl (C=O) groups is 2. The van der Waals surface area contributed by atoms with Crippen LogP contribution in [-0.4, -0.2) is 30.9 Å². The summed E-state index contributed by atoms with van der Waals surface area (Å²) in [6, 6.07) is 11.2. The molecular formula is C32H34F2N6O6Zn. The zero-order valence-corrected chi connectivity index (χ0v) is 29.9. The maximum atomic E-state index is 12.8. The molecule has 0 fully saturated rings. The van der Waals surface area contributed by atoms with Gasteiger partial charge in [-0.15, -0.1) is 0 Å². The predicted octanol–water partition coefficient (Wildman–Crippen LogP) is 2.09. The van der Waals surface area contributed by atoms with E-state index in [0.717, 1.165) is 9.13 Å². The Morgan fingerprint density at radius 1 is 0.681 bits per heavy atom. The van der Waals surface area contributed by atoms with E-state index in [1.54, 1.807) is 0 Å². The summed E-state index contributed by atoms with van der Waals surface area (Å²) in [5.74, 6) is -3.58. The Morgan fingerprint density at radius 2 is 0.979 bits per heavy atom. The largest absolute Gasteiger partial charge is 2.00 e. The summed E-state index contributed by atoms with van der Waals surface area (Å²) in [5, 5.41) is 28.9. The van der Waals surface area contributed by atoms with Gasteiger partial charge in [0, 0.05) is 39.0 Å². The van der Waals surface area contributed by atoms with Crippen molar-refractivity contribution in [1.29, 1.82) is 0 Å². The first kappa shape index (κ1) is 38.4. The van der Waals surface area contributed by atoms with Crippen LogP contribution in [0.5, 0.6) is 11.5 Å². The van der Waals surface area contributed by atoms with E-state index in [0.29, 0.717) is 22.8 Å². The topological polar surface area (TPSA) is 174 Å². The third-order valence-corrected chi connectivity index (χ3v) is 6.76. The van der Waals surface area contributed by atoms with Gasteiger partial charge in [-0.3, -0.25) is 19.2 Å². The van der Waals surface area contributed by atoms with E-state index < -0.39 is 45.8 Å². The minimum absolute atomic E-state index is 0. The van der Waals surface area contributed by atoms with E-state index >= 15 is 0 Å². The second-order valence-corrected chi connectivity index (χ2v) is 11.0. The Bertz CT molecular complexity index is 1710. The molecule has 4 rings (SSSR count). The molecule has 2 aromatic carbocycles. The van der Waals surface area contributed by atoms with E-state index in [4.69, 9.17) is 0 Å². The van der Waals surface area contributed by atoms with Gasteiger partial charge in [-0.05, 0) is 46.9 Å². The Balaban J connectivity index is 0.000000320. The van der Waals surface area contributed by atoms with Crippen LogP contribution in [0.3, 0.4) is 0 Å². The van der Waals surface area contributed by atoms with Gasteiger partial charge in [0.25, 0.3) is 11.8 Å². The molecule has 2 N–H and O–H groups in total. The maximum Gasteiger partial charge on any atom is 2.00 e. The van der Waals surface area contributed by atoms with E-state index in [1.807, 2.05) is 27.7 Å². The number of rotatable bonds is 8. The molecule has 0 aliphatic heterocycles. The van der Waals surface area contributed by atoms with E-state index in [9.17, 15) is 38.2 Å². The normalized spacial score (nSPS) is 10.6. The van der Waals surface area contributed by atoms with E-state index in [1.165, 1.54) is 62.6 Å². The minimum Gasteiger partial charge on any atom is -0.867 e. The van der Waals surface area contributed by atoms with Gasteiger partial charge in [-0.1, -0.05) is 52.0 Å². The van der Waals surface area contributed by atoms with Gasteiger partial charge in [0.15, 0.2) is 0 Å². The number of nitrogens with zero attached hydrogens (tertiary/aromatic N) is 4. The molecule has 0 unspecified atom stereocenters. The molecule has 0 bridgehead atoms. The first-order valence-corrected chi connectivity index (χ1v) is 14.2. The standard InChI is InChI=1S/2C16H18FN3O3.Zn/c2*1-9(2)14-19-12(13(21)16(23)20(14)3)15(22)18-8-10-4-6-11(17)7-5-10;/h2*4-7,9,21H,8H2,1-3H3,(H,18,22);/q;;+2/p-2. The summed E-state index contributed by atoms with van der Waals surface area (Å²) >= 11 is 0. The third-order valence-electron chi connectivity index (χ3n) is 6.76. The van der Waals surface area contributed by atoms with Crippen LogP contribution >= 0.6 is 0 Å². The minimum atomic E-state index is -0.937. The zero-order chi connectivity index (χ0) is 34.3. The zero-order valence-electron chi connectivity index (χ0n) is 26.9. The van der Waals surface area contributed by atoms with Gasteiger partial charge < -0.3 is 30.0 Å². The second-order valence-electron chi connectivity index (χ2n) is 11.0. The molecule has 0 aliphatic carbocycles. The van der Waals surface area contributed by atoms with Crippen LogP contribution in [-0.2, 0) is 46.7 Å². The second kappa shape index (κ2) is 16.7. The monoisotopic (exact) mass is 700 g/mol. The molecular weight excluding hydrogens is 668 g/mol.